The first-order valence-corrected chi connectivity index (χ1v) is 6.29. The lowest BCUT2D eigenvalue weighted by Crippen LogP contribution is -2.56. The second-order valence-corrected chi connectivity index (χ2v) is 5.13. The smallest absolute Gasteiger partial charge is 0.0663 e. The van der Waals surface area contributed by atoms with Crippen molar-refractivity contribution < 1.29 is 4.74 Å². The third-order valence-corrected chi connectivity index (χ3v) is 4.33. The lowest BCUT2D eigenvalue weighted by atomic mass is 9.88. The van der Waals surface area contributed by atoms with Crippen LogP contribution in [0.1, 0.15) is 38.5 Å². The number of hydrogen-bond donors (Lipinski definition) is 1. The molecular weight excluding hydrogens is 188 g/mol. The molecule has 1 unspecified atom stereocenters. The van der Waals surface area contributed by atoms with Crippen LogP contribution in [0, 0.1) is 0 Å². The van der Waals surface area contributed by atoms with E-state index >= 15 is 0 Å². The second kappa shape index (κ2) is 4.81. The molecule has 0 spiro atoms. The predicted octanol–water partition coefficient (Wildman–Crippen LogP) is 1.37. The van der Waals surface area contributed by atoms with E-state index in [4.69, 9.17) is 10.5 Å². The molecule has 3 heteroatoms. The summed E-state index contributed by atoms with van der Waals surface area (Å²) in [4.78, 5) is 2.53. The van der Waals surface area contributed by atoms with Gasteiger partial charge in [0.05, 0.1) is 12.1 Å². The molecule has 0 radical (unpaired) electrons. The van der Waals surface area contributed by atoms with Crippen molar-refractivity contribution in [2.24, 2.45) is 5.73 Å². The molecule has 0 bridgehead atoms. The first-order valence-electron chi connectivity index (χ1n) is 6.29. The lowest BCUT2D eigenvalue weighted by molar-refractivity contribution is 0.0444. The highest BCUT2D eigenvalue weighted by Crippen LogP contribution is 2.31. The van der Waals surface area contributed by atoms with Gasteiger partial charge in [-0.25, -0.2) is 0 Å². The lowest BCUT2D eigenvalue weighted by Gasteiger charge is -2.43. The SMILES string of the molecule is CN(C1CCCCC1)C1(CN)CCOC1. The van der Waals surface area contributed by atoms with E-state index in [0.29, 0.717) is 0 Å². The van der Waals surface area contributed by atoms with Gasteiger partial charge >= 0.3 is 0 Å². The maximum atomic E-state index is 5.95. The summed E-state index contributed by atoms with van der Waals surface area (Å²) in [6.07, 6.45) is 7.98. The molecule has 1 saturated heterocycles. The van der Waals surface area contributed by atoms with Gasteiger partial charge in [0.15, 0.2) is 0 Å². The van der Waals surface area contributed by atoms with E-state index < -0.39 is 0 Å². The van der Waals surface area contributed by atoms with E-state index in [1.807, 2.05) is 0 Å². The number of nitrogens with zero attached hydrogens (tertiary/aromatic N) is 1. The third-order valence-electron chi connectivity index (χ3n) is 4.33. The van der Waals surface area contributed by atoms with Gasteiger partial charge in [0.1, 0.15) is 0 Å². The normalized spacial score (nSPS) is 33.8. The zero-order chi connectivity index (χ0) is 10.7. The minimum Gasteiger partial charge on any atom is -0.379 e. The molecule has 2 rings (SSSR count). The van der Waals surface area contributed by atoms with Gasteiger partial charge in [-0.05, 0) is 26.3 Å². The molecular formula is C12H24N2O. The molecule has 0 aromatic heterocycles. The molecule has 0 aromatic carbocycles. The summed E-state index contributed by atoms with van der Waals surface area (Å²) in [5.41, 5.74) is 6.10. The highest BCUT2D eigenvalue weighted by atomic mass is 16.5. The second-order valence-electron chi connectivity index (χ2n) is 5.13. The van der Waals surface area contributed by atoms with Crippen LogP contribution in [0.3, 0.4) is 0 Å². The topological polar surface area (TPSA) is 38.5 Å². The van der Waals surface area contributed by atoms with Crippen molar-refractivity contribution in [1.82, 2.24) is 4.90 Å². The number of rotatable bonds is 3. The van der Waals surface area contributed by atoms with Gasteiger partial charge in [0, 0.05) is 19.2 Å². The Labute approximate surface area is 93.0 Å². The van der Waals surface area contributed by atoms with Crippen molar-refractivity contribution in [3.63, 3.8) is 0 Å². The Morgan fingerprint density at radius 3 is 2.60 bits per heavy atom. The van der Waals surface area contributed by atoms with Crippen LogP contribution in [0.25, 0.3) is 0 Å². The molecule has 1 aliphatic carbocycles. The summed E-state index contributed by atoms with van der Waals surface area (Å²) in [5.74, 6) is 0. The Bertz CT molecular complexity index is 196. The van der Waals surface area contributed by atoms with Crippen LogP contribution in [0.15, 0.2) is 0 Å². The van der Waals surface area contributed by atoms with Crippen molar-refractivity contribution in [3.8, 4) is 0 Å². The highest BCUT2D eigenvalue weighted by molar-refractivity contribution is 4.96. The summed E-state index contributed by atoms with van der Waals surface area (Å²) in [6.45, 7) is 2.45. The van der Waals surface area contributed by atoms with Crippen molar-refractivity contribution in [2.45, 2.75) is 50.1 Å². The number of nitrogens with two attached hydrogens (primary N) is 1. The maximum Gasteiger partial charge on any atom is 0.0663 e. The number of hydrogen-bond acceptors (Lipinski definition) is 3. The minimum absolute atomic E-state index is 0.141. The predicted molar refractivity (Wildman–Crippen MR) is 61.9 cm³/mol. The molecule has 1 saturated carbocycles. The van der Waals surface area contributed by atoms with Gasteiger partial charge in [-0.1, -0.05) is 19.3 Å². The largest absolute Gasteiger partial charge is 0.379 e. The fourth-order valence-corrected chi connectivity index (χ4v) is 3.04. The zero-order valence-electron chi connectivity index (χ0n) is 9.87. The summed E-state index contributed by atoms with van der Waals surface area (Å²) in [7, 11) is 2.25. The number of likely N-dealkylation sites (N-methyl/N-ethyl adjacent to an activating group) is 1. The van der Waals surface area contributed by atoms with Gasteiger partial charge in [0.25, 0.3) is 0 Å². The molecule has 3 nitrogen and oxygen atoms in total. The fourth-order valence-electron chi connectivity index (χ4n) is 3.04. The third kappa shape index (κ3) is 2.19. The van der Waals surface area contributed by atoms with Gasteiger partial charge in [-0.15, -0.1) is 0 Å². The van der Waals surface area contributed by atoms with Crippen LogP contribution in [-0.2, 0) is 4.74 Å². The number of ether oxygens (including phenoxy) is 1. The van der Waals surface area contributed by atoms with Gasteiger partial charge < -0.3 is 10.5 Å². The van der Waals surface area contributed by atoms with Crippen LogP contribution in [0.4, 0.5) is 0 Å². The van der Waals surface area contributed by atoms with E-state index in [1.165, 1.54) is 32.1 Å². The van der Waals surface area contributed by atoms with Crippen molar-refractivity contribution >= 4 is 0 Å². The first kappa shape index (κ1) is 11.4. The van der Waals surface area contributed by atoms with E-state index in [9.17, 15) is 0 Å². The van der Waals surface area contributed by atoms with Crippen LogP contribution in [0.5, 0.6) is 0 Å². The van der Waals surface area contributed by atoms with Crippen molar-refractivity contribution in [1.29, 1.82) is 0 Å². The van der Waals surface area contributed by atoms with E-state index in [1.54, 1.807) is 0 Å². The fraction of sp³-hybridized carbons (Fsp3) is 1.00. The van der Waals surface area contributed by atoms with Crippen molar-refractivity contribution in [2.75, 3.05) is 26.8 Å². The molecule has 0 amide bonds. The van der Waals surface area contributed by atoms with E-state index in [0.717, 1.165) is 32.2 Å². The molecule has 88 valence electrons. The molecule has 2 aliphatic rings. The molecule has 1 heterocycles. The average Bonchev–Trinajstić information content (AvgIpc) is 2.79. The quantitative estimate of drug-likeness (QED) is 0.768. The maximum absolute atomic E-state index is 5.95. The van der Waals surface area contributed by atoms with Gasteiger partial charge in [0.2, 0.25) is 0 Å². The van der Waals surface area contributed by atoms with Crippen LogP contribution in [-0.4, -0.2) is 43.3 Å². The van der Waals surface area contributed by atoms with Crippen LogP contribution in [0.2, 0.25) is 0 Å². The molecule has 0 aromatic rings. The summed E-state index contributed by atoms with van der Waals surface area (Å²) < 4.78 is 5.54. The Kier molecular flexibility index (Phi) is 3.65. The molecule has 1 atom stereocenters. The highest BCUT2D eigenvalue weighted by Gasteiger charge is 2.40. The summed E-state index contributed by atoms with van der Waals surface area (Å²) in [6, 6.07) is 0.740. The molecule has 1 aliphatic heterocycles. The molecule has 2 N–H and O–H groups in total. The summed E-state index contributed by atoms with van der Waals surface area (Å²) >= 11 is 0. The Balaban J connectivity index is 2.00. The van der Waals surface area contributed by atoms with Crippen LogP contribution < -0.4 is 5.73 Å². The monoisotopic (exact) mass is 212 g/mol. The zero-order valence-corrected chi connectivity index (χ0v) is 9.87. The molecule has 2 fully saturated rings. The summed E-state index contributed by atoms with van der Waals surface area (Å²) in [5, 5.41) is 0. The van der Waals surface area contributed by atoms with Gasteiger partial charge in [-0.2, -0.15) is 0 Å². The van der Waals surface area contributed by atoms with E-state index in [-0.39, 0.29) is 5.54 Å². The standard InChI is InChI=1S/C12H24N2O/c1-14(11-5-3-2-4-6-11)12(9-13)7-8-15-10-12/h11H,2-10,13H2,1H3. The van der Waals surface area contributed by atoms with Crippen molar-refractivity contribution in [3.05, 3.63) is 0 Å². The minimum atomic E-state index is 0.141. The molecule has 15 heavy (non-hydrogen) atoms. The van der Waals surface area contributed by atoms with E-state index in [2.05, 4.69) is 11.9 Å². The Morgan fingerprint density at radius 2 is 2.07 bits per heavy atom. The van der Waals surface area contributed by atoms with Gasteiger partial charge in [-0.3, -0.25) is 4.90 Å². The first-order chi connectivity index (χ1) is 7.28. The van der Waals surface area contributed by atoms with Crippen LogP contribution >= 0.6 is 0 Å². The Hall–Kier alpha value is -0.120. The Morgan fingerprint density at radius 1 is 1.33 bits per heavy atom. The average molecular weight is 212 g/mol.